The Bertz CT molecular complexity index is 509. The van der Waals surface area contributed by atoms with Crippen molar-refractivity contribution in [2.24, 2.45) is 0 Å². The quantitative estimate of drug-likeness (QED) is 0.789. The summed E-state index contributed by atoms with van der Waals surface area (Å²) in [6.07, 6.45) is 0. The van der Waals surface area contributed by atoms with Crippen molar-refractivity contribution in [1.82, 2.24) is 8.75 Å². The van der Waals surface area contributed by atoms with E-state index >= 15 is 0 Å². The largest absolute Gasteiger partial charge is 0.388 e. The van der Waals surface area contributed by atoms with Gasteiger partial charge in [0.1, 0.15) is 11.0 Å². The molecule has 8 heteroatoms. The smallest absolute Gasteiger partial charge is 0.316 e. The van der Waals surface area contributed by atoms with Gasteiger partial charge in [0.05, 0.1) is 11.7 Å². The fourth-order valence-corrected chi connectivity index (χ4v) is 3.43. The Morgan fingerprint density at radius 2 is 2.14 bits per heavy atom. The summed E-state index contributed by atoms with van der Waals surface area (Å²) >= 11 is 1.53. The average molecular weight is 248 g/mol. The Hall–Kier alpha value is -0.460. The minimum atomic E-state index is -4.11. The second kappa shape index (κ2) is 3.60. The number of rotatable bonds is 2. The van der Waals surface area contributed by atoms with Crippen LogP contribution in [0.4, 0.5) is 0 Å². The first-order valence-corrected chi connectivity index (χ1v) is 7.29. The van der Waals surface area contributed by atoms with E-state index in [2.05, 4.69) is 8.75 Å². The molecule has 1 aromatic heterocycles. The topological polar surface area (TPSA) is 83.3 Å². The van der Waals surface area contributed by atoms with E-state index in [0.29, 0.717) is 27.3 Å². The second-order valence-electron chi connectivity index (χ2n) is 2.47. The van der Waals surface area contributed by atoms with Crippen LogP contribution in [0.3, 0.4) is 0 Å². The monoisotopic (exact) mass is 248 g/mol. The molecule has 0 atom stereocenters. The van der Waals surface area contributed by atoms with E-state index < -0.39 is 6.80 Å². The second-order valence-corrected chi connectivity index (χ2v) is 6.58. The van der Waals surface area contributed by atoms with Gasteiger partial charge in [-0.3, -0.25) is 0 Å². The number of fused-ring (bicyclic) bond motifs is 1. The Morgan fingerprint density at radius 1 is 1.36 bits per heavy atom. The van der Waals surface area contributed by atoms with Crippen LogP contribution in [0.1, 0.15) is 0 Å². The molecule has 0 saturated carbocycles. The molecule has 0 aliphatic heterocycles. The molecule has 2 aromatic rings. The highest BCUT2D eigenvalue weighted by Crippen LogP contribution is 2.55. The van der Waals surface area contributed by atoms with Gasteiger partial charge in [0, 0.05) is 4.90 Å². The van der Waals surface area contributed by atoms with Crippen molar-refractivity contribution < 1.29 is 14.4 Å². The first-order valence-electron chi connectivity index (χ1n) is 3.53. The van der Waals surface area contributed by atoms with Crippen molar-refractivity contribution in [3.8, 4) is 0 Å². The molecule has 0 saturated heterocycles. The average Bonchev–Trinajstić information content (AvgIpc) is 2.49. The molecule has 1 heterocycles. The fraction of sp³-hybridized carbons (Fsp3) is 0. The van der Waals surface area contributed by atoms with E-state index in [1.807, 2.05) is 0 Å². The lowest BCUT2D eigenvalue weighted by molar-refractivity contribution is 0.397. The maximum absolute atomic E-state index is 10.8. The summed E-state index contributed by atoms with van der Waals surface area (Å²) in [7, 11) is 0. The van der Waals surface area contributed by atoms with Gasteiger partial charge >= 0.3 is 6.80 Å². The highest BCUT2D eigenvalue weighted by Gasteiger charge is 2.18. The lowest BCUT2D eigenvalue weighted by atomic mass is 10.3. The van der Waals surface area contributed by atoms with Crippen molar-refractivity contribution in [2.75, 3.05) is 0 Å². The third-order valence-electron chi connectivity index (χ3n) is 1.47. The number of nitrogens with zero attached hydrogens (tertiary/aromatic N) is 2. The highest BCUT2D eigenvalue weighted by molar-refractivity contribution is 8.54. The molecule has 0 aliphatic rings. The highest BCUT2D eigenvalue weighted by atomic mass is 32.7. The van der Waals surface area contributed by atoms with Gasteiger partial charge in [0.25, 0.3) is 0 Å². The van der Waals surface area contributed by atoms with Gasteiger partial charge in [-0.1, -0.05) is 6.07 Å². The normalized spacial score (nSPS) is 12.1. The molecular weight excluding hydrogens is 243 g/mol. The van der Waals surface area contributed by atoms with Crippen molar-refractivity contribution in [3.63, 3.8) is 0 Å². The van der Waals surface area contributed by atoms with E-state index in [0.717, 1.165) is 11.7 Å². The van der Waals surface area contributed by atoms with Crippen molar-refractivity contribution in [3.05, 3.63) is 18.2 Å². The molecule has 0 radical (unpaired) electrons. The minimum absolute atomic E-state index is 0.463. The summed E-state index contributed by atoms with van der Waals surface area (Å²) in [4.78, 5) is 18.1. The third-order valence-corrected chi connectivity index (χ3v) is 4.08. The SMILES string of the molecule is O=P(O)(O)Sc1cccc2nsnc12. The predicted molar refractivity (Wildman–Crippen MR) is 55.3 cm³/mol. The van der Waals surface area contributed by atoms with Gasteiger partial charge in [0.15, 0.2) is 0 Å². The number of benzene rings is 1. The molecule has 5 nitrogen and oxygen atoms in total. The van der Waals surface area contributed by atoms with Crippen molar-refractivity contribution in [1.29, 1.82) is 0 Å². The van der Waals surface area contributed by atoms with Gasteiger partial charge in [0.2, 0.25) is 0 Å². The van der Waals surface area contributed by atoms with Gasteiger partial charge < -0.3 is 9.79 Å². The number of hydrogen-bond donors (Lipinski definition) is 2. The van der Waals surface area contributed by atoms with Crippen LogP contribution in [-0.4, -0.2) is 18.5 Å². The Labute approximate surface area is 87.4 Å². The zero-order chi connectivity index (χ0) is 10.2. The van der Waals surface area contributed by atoms with E-state index in [-0.39, 0.29) is 0 Å². The van der Waals surface area contributed by atoms with Crippen LogP contribution in [0.25, 0.3) is 11.0 Å². The van der Waals surface area contributed by atoms with Crippen LogP contribution in [0.2, 0.25) is 0 Å². The molecule has 74 valence electrons. The maximum Gasteiger partial charge on any atom is 0.388 e. The zero-order valence-electron chi connectivity index (χ0n) is 6.69. The molecule has 2 rings (SSSR count). The van der Waals surface area contributed by atoms with Crippen LogP contribution >= 0.6 is 29.9 Å². The summed E-state index contributed by atoms with van der Waals surface area (Å²) in [5.41, 5.74) is 1.21. The van der Waals surface area contributed by atoms with Crippen LogP contribution in [0.15, 0.2) is 23.1 Å². The van der Waals surface area contributed by atoms with E-state index in [9.17, 15) is 4.57 Å². The summed E-state index contributed by atoms with van der Waals surface area (Å²) in [5, 5.41) is 0. The molecule has 1 aromatic carbocycles. The Kier molecular flexibility index (Phi) is 2.59. The summed E-state index contributed by atoms with van der Waals surface area (Å²) in [6, 6.07) is 5.07. The van der Waals surface area contributed by atoms with Crippen molar-refractivity contribution in [2.45, 2.75) is 4.90 Å². The molecule has 14 heavy (non-hydrogen) atoms. The fourth-order valence-electron chi connectivity index (χ4n) is 0.983. The summed E-state index contributed by atoms with van der Waals surface area (Å²) < 4.78 is 18.7. The number of hydrogen-bond acceptors (Lipinski definition) is 5. The molecular formula is C6H5N2O3PS2. The Morgan fingerprint density at radius 3 is 2.86 bits per heavy atom. The van der Waals surface area contributed by atoms with E-state index in [4.69, 9.17) is 9.79 Å². The van der Waals surface area contributed by atoms with Gasteiger partial charge in [-0.15, -0.1) is 0 Å². The van der Waals surface area contributed by atoms with E-state index in [1.54, 1.807) is 18.2 Å². The van der Waals surface area contributed by atoms with Crippen LogP contribution in [-0.2, 0) is 4.57 Å². The first kappa shape index (κ1) is 10.1. The molecule has 0 aliphatic carbocycles. The molecule has 0 spiro atoms. The zero-order valence-corrected chi connectivity index (χ0v) is 9.22. The van der Waals surface area contributed by atoms with Crippen LogP contribution in [0, 0.1) is 0 Å². The van der Waals surface area contributed by atoms with Gasteiger partial charge in [-0.25, -0.2) is 4.57 Å². The van der Waals surface area contributed by atoms with E-state index in [1.165, 1.54) is 0 Å². The third kappa shape index (κ3) is 2.13. The lowest BCUT2D eigenvalue weighted by Gasteiger charge is -2.02. The first-order chi connectivity index (χ1) is 6.56. The van der Waals surface area contributed by atoms with Crippen LogP contribution in [0.5, 0.6) is 0 Å². The molecule has 0 unspecified atom stereocenters. The van der Waals surface area contributed by atoms with Gasteiger partial charge in [-0.05, 0) is 23.5 Å². The standard InChI is InChI=1S/C6H5N2O3PS2/c9-12(10,11)13-5-3-1-2-4-6(5)8-14-7-4/h1-3H,(H2,9,10,11). The molecule has 2 N–H and O–H groups in total. The summed E-state index contributed by atoms with van der Waals surface area (Å²) in [5.74, 6) is 0. The lowest BCUT2D eigenvalue weighted by Crippen LogP contribution is -1.76. The molecule has 0 bridgehead atoms. The molecule has 0 amide bonds. The van der Waals surface area contributed by atoms with Crippen molar-refractivity contribution >= 4 is 40.9 Å². The number of aromatic nitrogens is 2. The van der Waals surface area contributed by atoms with Gasteiger partial charge in [-0.2, -0.15) is 8.75 Å². The van der Waals surface area contributed by atoms with Crippen LogP contribution < -0.4 is 0 Å². The maximum atomic E-state index is 10.8. The predicted octanol–water partition coefficient (Wildman–Crippen LogP) is 1.88. The minimum Gasteiger partial charge on any atom is -0.316 e. The summed E-state index contributed by atoms with van der Waals surface area (Å²) in [6.45, 7) is -4.11. The Balaban J connectivity index is 2.52. The molecule has 0 fully saturated rings.